The molecule has 2 aromatic rings. The standard InChI is InChI=1S/C15H17FN4O/c16-11-1-4-15-10(5-11)6-14(21-15)9-20-8-13(18-19-20)7-17-12-2-3-12/h1,4-5,8,12,14,17H,2-3,6-7,9H2. The van der Waals surface area contributed by atoms with Gasteiger partial charge >= 0.3 is 0 Å². The van der Waals surface area contributed by atoms with Crippen molar-refractivity contribution in [3.05, 3.63) is 41.5 Å². The van der Waals surface area contributed by atoms with Crippen LogP contribution in [0.3, 0.4) is 0 Å². The zero-order chi connectivity index (χ0) is 14.2. The molecule has 0 bridgehead atoms. The average Bonchev–Trinajstić information content (AvgIpc) is 3.05. The van der Waals surface area contributed by atoms with E-state index in [1.165, 1.54) is 18.9 Å². The molecule has 1 aliphatic heterocycles. The van der Waals surface area contributed by atoms with Crippen LogP contribution in [0.15, 0.2) is 24.4 Å². The molecule has 1 atom stereocenters. The Morgan fingerprint density at radius 1 is 1.38 bits per heavy atom. The van der Waals surface area contributed by atoms with Crippen molar-refractivity contribution < 1.29 is 9.13 Å². The van der Waals surface area contributed by atoms with Gasteiger partial charge in [-0.2, -0.15) is 0 Å². The van der Waals surface area contributed by atoms with Crippen LogP contribution in [0, 0.1) is 5.82 Å². The molecule has 2 heterocycles. The molecule has 1 aromatic heterocycles. The van der Waals surface area contributed by atoms with E-state index in [2.05, 4.69) is 15.6 Å². The van der Waals surface area contributed by atoms with Gasteiger partial charge in [0, 0.05) is 30.8 Å². The van der Waals surface area contributed by atoms with Crippen molar-refractivity contribution in [2.45, 2.75) is 44.5 Å². The minimum atomic E-state index is -0.216. The monoisotopic (exact) mass is 288 g/mol. The summed E-state index contributed by atoms with van der Waals surface area (Å²) in [7, 11) is 0. The van der Waals surface area contributed by atoms with Crippen LogP contribution in [0.4, 0.5) is 4.39 Å². The van der Waals surface area contributed by atoms with E-state index in [1.54, 1.807) is 16.8 Å². The third kappa shape index (κ3) is 2.90. The van der Waals surface area contributed by atoms with Gasteiger partial charge in [0.05, 0.1) is 12.2 Å². The fourth-order valence-electron chi connectivity index (χ4n) is 2.64. The second-order valence-electron chi connectivity index (χ2n) is 5.78. The predicted octanol–water partition coefficient (Wildman–Crippen LogP) is 1.67. The molecule has 1 fully saturated rings. The van der Waals surface area contributed by atoms with Crippen LogP contribution in [-0.4, -0.2) is 27.1 Å². The molecule has 0 saturated heterocycles. The maximum absolute atomic E-state index is 13.2. The van der Waals surface area contributed by atoms with E-state index >= 15 is 0 Å². The average molecular weight is 288 g/mol. The van der Waals surface area contributed by atoms with Crippen molar-refractivity contribution in [2.75, 3.05) is 0 Å². The van der Waals surface area contributed by atoms with Crippen LogP contribution in [0.5, 0.6) is 5.75 Å². The van der Waals surface area contributed by atoms with Crippen molar-refractivity contribution >= 4 is 0 Å². The first-order valence-electron chi connectivity index (χ1n) is 7.34. The lowest BCUT2D eigenvalue weighted by molar-refractivity contribution is 0.202. The number of halogens is 1. The van der Waals surface area contributed by atoms with Gasteiger partial charge in [0.25, 0.3) is 0 Å². The molecule has 5 nitrogen and oxygen atoms in total. The summed E-state index contributed by atoms with van der Waals surface area (Å²) < 4.78 is 20.8. The van der Waals surface area contributed by atoms with E-state index in [0.29, 0.717) is 19.0 Å². The van der Waals surface area contributed by atoms with Gasteiger partial charge in [0.1, 0.15) is 17.7 Å². The normalized spacial score (nSPS) is 20.3. The number of fused-ring (bicyclic) bond motifs is 1. The molecule has 0 amide bonds. The second kappa shape index (κ2) is 5.11. The Balaban J connectivity index is 1.36. The molecule has 2 aliphatic rings. The molecule has 110 valence electrons. The summed E-state index contributed by atoms with van der Waals surface area (Å²) >= 11 is 0. The molecule has 0 spiro atoms. The number of hydrogen-bond acceptors (Lipinski definition) is 4. The molecule has 0 radical (unpaired) electrons. The Labute approximate surface area is 122 Å². The summed E-state index contributed by atoms with van der Waals surface area (Å²) in [5.41, 5.74) is 1.87. The summed E-state index contributed by atoms with van der Waals surface area (Å²) in [6, 6.07) is 5.33. The third-order valence-electron chi connectivity index (χ3n) is 3.89. The van der Waals surface area contributed by atoms with Crippen molar-refractivity contribution in [1.29, 1.82) is 0 Å². The highest BCUT2D eigenvalue weighted by atomic mass is 19.1. The Bertz CT molecular complexity index is 653. The fourth-order valence-corrected chi connectivity index (χ4v) is 2.64. The summed E-state index contributed by atoms with van der Waals surface area (Å²) in [4.78, 5) is 0. The second-order valence-corrected chi connectivity index (χ2v) is 5.78. The number of hydrogen-bond donors (Lipinski definition) is 1. The van der Waals surface area contributed by atoms with Crippen molar-refractivity contribution in [1.82, 2.24) is 20.3 Å². The Morgan fingerprint density at radius 2 is 2.29 bits per heavy atom. The van der Waals surface area contributed by atoms with E-state index in [-0.39, 0.29) is 11.9 Å². The smallest absolute Gasteiger partial charge is 0.123 e. The Hall–Kier alpha value is -1.95. The number of aromatic nitrogens is 3. The molecule has 1 N–H and O–H groups in total. The van der Waals surface area contributed by atoms with Crippen molar-refractivity contribution in [2.24, 2.45) is 0 Å². The van der Waals surface area contributed by atoms with Crippen LogP contribution in [0.1, 0.15) is 24.1 Å². The fraction of sp³-hybridized carbons (Fsp3) is 0.467. The summed E-state index contributed by atoms with van der Waals surface area (Å²) in [5, 5.41) is 11.7. The van der Waals surface area contributed by atoms with Crippen LogP contribution in [-0.2, 0) is 19.5 Å². The molecular weight excluding hydrogens is 271 g/mol. The van der Waals surface area contributed by atoms with Gasteiger partial charge in [0.15, 0.2) is 0 Å². The molecule has 1 aliphatic carbocycles. The number of nitrogens with zero attached hydrogens (tertiary/aromatic N) is 3. The van der Waals surface area contributed by atoms with Gasteiger partial charge < -0.3 is 10.1 Å². The van der Waals surface area contributed by atoms with Gasteiger partial charge in [-0.15, -0.1) is 5.10 Å². The molecule has 4 rings (SSSR count). The van der Waals surface area contributed by atoms with Crippen molar-refractivity contribution in [3.8, 4) is 5.75 Å². The van der Waals surface area contributed by atoms with E-state index in [1.807, 2.05) is 6.20 Å². The van der Waals surface area contributed by atoms with Gasteiger partial charge in [-0.05, 0) is 31.0 Å². The highest BCUT2D eigenvalue weighted by Gasteiger charge is 2.24. The number of ether oxygens (including phenoxy) is 1. The molecule has 21 heavy (non-hydrogen) atoms. The highest BCUT2D eigenvalue weighted by molar-refractivity contribution is 5.37. The lowest BCUT2D eigenvalue weighted by Gasteiger charge is -2.09. The SMILES string of the molecule is Fc1ccc2c(c1)CC(Cn1cc(CNC3CC3)nn1)O2. The number of nitrogens with one attached hydrogen (secondary N) is 1. The minimum Gasteiger partial charge on any atom is -0.488 e. The highest BCUT2D eigenvalue weighted by Crippen LogP contribution is 2.29. The lowest BCUT2D eigenvalue weighted by atomic mass is 10.1. The van der Waals surface area contributed by atoms with E-state index < -0.39 is 0 Å². The van der Waals surface area contributed by atoms with Crippen molar-refractivity contribution in [3.63, 3.8) is 0 Å². The number of rotatable bonds is 5. The van der Waals surface area contributed by atoms with E-state index in [0.717, 1.165) is 23.6 Å². The van der Waals surface area contributed by atoms with Crippen LogP contribution < -0.4 is 10.1 Å². The first-order chi connectivity index (χ1) is 10.3. The number of benzene rings is 1. The summed E-state index contributed by atoms with van der Waals surface area (Å²) in [6.45, 7) is 1.40. The zero-order valence-corrected chi connectivity index (χ0v) is 11.6. The van der Waals surface area contributed by atoms with Gasteiger partial charge in [-0.1, -0.05) is 5.21 Å². The minimum absolute atomic E-state index is 0.00672. The van der Waals surface area contributed by atoms with Crippen LogP contribution >= 0.6 is 0 Å². The Kier molecular flexibility index (Phi) is 3.11. The molecule has 1 unspecified atom stereocenters. The van der Waals surface area contributed by atoms with Gasteiger partial charge in [0.2, 0.25) is 0 Å². The lowest BCUT2D eigenvalue weighted by Crippen LogP contribution is -2.21. The van der Waals surface area contributed by atoms with E-state index in [4.69, 9.17) is 4.74 Å². The quantitative estimate of drug-likeness (QED) is 0.909. The predicted molar refractivity (Wildman–Crippen MR) is 74.4 cm³/mol. The molecular formula is C15H17FN4O. The van der Waals surface area contributed by atoms with Crippen LogP contribution in [0.25, 0.3) is 0 Å². The van der Waals surface area contributed by atoms with E-state index in [9.17, 15) is 4.39 Å². The maximum Gasteiger partial charge on any atom is 0.123 e. The first kappa shape index (κ1) is 12.8. The van der Waals surface area contributed by atoms with Gasteiger partial charge in [-0.3, -0.25) is 0 Å². The molecule has 1 aromatic carbocycles. The first-order valence-corrected chi connectivity index (χ1v) is 7.34. The zero-order valence-electron chi connectivity index (χ0n) is 11.6. The molecule has 1 saturated carbocycles. The summed E-state index contributed by atoms with van der Waals surface area (Å²) in [5.74, 6) is 0.560. The molecule has 6 heteroatoms. The third-order valence-corrected chi connectivity index (χ3v) is 3.89. The Morgan fingerprint density at radius 3 is 3.14 bits per heavy atom. The largest absolute Gasteiger partial charge is 0.488 e. The summed E-state index contributed by atoms with van der Waals surface area (Å²) in [6.07, 6.45) is 5.18. The maximum atomic E-state index is 13.2. The topological polar surface area (TPSA) is 52.0 Å². The van der Waals surface area contributed by atoms with Gasteiger partial charge in [-0.25, -0.2) is 9.07 Å². The van der Waals surface area contributed by atoms with Crippen LogP contribution in [0.2, 0.25) is 0 Å².